The molecule has 1 aromatic heterocycles. The maximum absolute atomic E-state index is 6.41. The fourth-order valence-electron chi connectivity index (χ4n) is 2.52. The lowest BCUT2D eigenvalue weighted by atomic mass is 10.2. The van der Waals surface area contributed by atoms with Crippen LogP contribution in [0.5, 0.6) is 0 Å². The quantitative estimate of drug-likeness (QED) is 0.543. The van der Waals surface area contributed by atoms with Crippen LogP contribution in [0.25, 0.3) is 16.7 Å². The standard InChI is InChI=1S/C16H13BrCl2N2/c1-10-9-11(17)5-6-14(10)21-15(7-8-18)20-13-4-2-3-12(19)16(13)21/h2-6,9H,7-8H2,1H3. The molecule has 0 aliphatic heterocycles. The van der Waals surface area contributed by atoms with E-state index in [-0.39, 0.29) is 0 Å². The predicted octanol–water partition coefficient (Wildman–Crippen LogP) is 5.53. The van der Waals surface area contributed by atoms with E-state index in [1.165, 1.54) is 0 Å². The molecule has 0 aliphatic rings. The Bertz CT molecular complexity index is 811. The summed E-state index contributed by atoms with van der Waals surface area (Å²) in [6, 6.07) is 12.0. The van der Waals surface area contributed by atoms with Crippen molar-refractivity contribution in [3.8, 4) is 5.69 Å². The van der Waals surface area contributed by atoms with Gasteiger partial charge in [0.2, 0.25) is 0 Å². The van der Waals surface area contributed by atoms with Gasteiger partial charge < -0.3 is 0 Å². The summed E-state index contributed by atoms with van der Waals surface area (Å²) < 4.78 is 3.17. The van der Waals surface area contributed by atoms with Crippen LogP contribution in [0.1, 0.15) is 11.4 Å². The molecular formula is C16H13BrCl2N2. The highest BCUT2D eigenvalue weighted by Crippen LogP contribution is 2.30. The fraction of sp³-hybridized carbons (Fsp3) is 0.188. The van der Waals surface area contributed by atoms with Gasteiger partial charge >= 0.3 is 0 Å². The maximum atomic E-state index is 6.41. The van der Waals surface area contributed by atoms with E-state index in [0.29, 0.717) is 17.3 Å². The molecule has 0 atom stereocenters. The van der Waals surface area contributed by atoms with Crippen molar-refractivity contribution in [1.29, 1.82) is 0 Å². The van der Waals surface area contributed by atoms with E-state index < -0.39 is 0 Å². The van der Waals surface area contributed by atoms with Crippen LogP contribution in [0.15, 0.2) is 40.9 Å². The molecule has 21 heavy (non-hydrogen) atoms. The van der Waals surface area contributed by atoms with Crippen LogP contribution in [0, 0.1) is 6.92 Å². The average Bonchev–Trinajstić information content (AvgIpc) is 2.79. The van der Waals surface area contributed by atoms with E-state index in [2.05, 4.69) is 44.5 Å². The molecule has 0 unspecified atom stereocenters. The minimum atomic E-state index is 0.524. The van der Waals surface area contributed by atoms with Gasteiger partial charge in [-0.05, 0) is 42.8 Å². The number of hydrogen-bond acceptors (Lipinski definition) is 1. The highest BCUT2D eigenvalue weighted by atomic mass is 79.9. The zero-order chi connectivity index (χ0) is 15.0. The van der Waals surface area contributed by atoms with Crippen molar-refractivity contribution in [3.63, 3.8) is 0 Å². The molecule has 2 aromatic carbocycles. The van der Waals surface area contributed by atoms with Crippen molar-refractivity contribution in [2.45, 2.75) is 13.3 Å². The minimum absolute atomic E-state index is 0.524. The number of aromatic nitrogens is 2. The van der Waals surface area contributed by atoms with Gasteiger partial charge in [-0.25, -0.2) is 4.98 Å². The minimum Gasteiger partial charge on any atom is -0.295 e. The van der Waals surface area contributed by atoms with Gasteiger partial charge in [-0.2, -0.15) is 0 Å². The third-order valence-corrected chi connectivity index (χ3v) is 4.40. The lowest BCUT2D eigenvalue weighted by molar-refractivity contribution is 0.907. The zero-order valence-corrected chi connectivity index (χ0v) is 14.5. The summed E-state index contributed by atoms with van der Waals surface area (Å²) >= 11 is 15.8. The molecule has 0 fully saturated rings. The number of imidazole rings is 1. The van der Waals surface area contributed by atoms with Crippen LogP contribution in [-0.2, 0) is 6.42 Å². The number of benzene rings is 2. The number of aryl methyl sites for hydroxylation is 2. The molecule has 0 spiro atoms. The largest absolute Gasteiger partial charge is 0.295 e. The first-order valence-electron chi connectivity index (χ1n) is 6.60. The van der Waals surface area contributed by atoms with Crippen LogP contribution in [-0.4, -0.2) is 15.4 Å². The molecule has 0 saturated carbocycles. The number of fused-ring (bicyclic) bond motifs is 1. The fourth-order valence-corrected chi connectivity index (χ4v) is 3.41. The molecule has 5 heteroatoms. The molecule has 0 amide bonds. The van der Waals surface area contributed by atoms with E-state index in [4.69, 9.17) is 23.2 Å². The molecule has 0 bridgehead atoms. The van der Waals surface area contributed by atoms with Crippen molar-refractivity contribution in [3.05, 3.63) is 57.3 Å². The number of halogens is 3. The second kappa shape index (κ2) is 5.99. The molecule has 0 N–H and O–H groups in total. The Labute approximate surface area is 141 Å². The van der Waals surface area contributed by atoms with Crippen LogP contribution >= 0.6 is 39.1 Å². The first kappa shape index (κ1) is 14.9. The van der Waals surface area contributed by atoms with E-state index in [1.807, 2.05) is 24.3 Å². The van der Waals surface area contributed by atoms with Gasteiger partial charge in [-0.3, -0.25) is 4.57 Å². The van der Waals surface area contributed by atoms with E-state index >= 15 is 0 Å². The first-order valence-corrected chi connectivity index (χ1v) is 8.30. The summed E-state index contributed by atoms with van der Waals surface area (Å²) in [6.07, 6.45) is 0.696. The second-order valence-corrected chi connectivity index (χ2v) is 6.54. The summed E-state index contributed by atoms with van der Waals surface area (Å²) in [6.45, 7) is 2.08. The van der Waals surface area contributed by atoms with Gasteiger partial charge in [0.15, 0.2) is 0 Å². The summed E-state index contributed by atoms with van der Waals surface area (Å²) in [7, 11) is 0. The van der Waals surface area contributed by atoms with E-state index in [1.54, 1.807) is 0 Å². The van der Waals surface area contributed by atoms with Gasteiger partial charge in [0.05, 0.1) is 21.7 Å². The van der Waals surface area contributed by atoms with Gasteiger partial charge in [0.25, 0.3) is 0 Å². The predicted molar refractivity (Wildman–Crippen MR) is 92.9 cm³/mol. The Hall–Kier alpha value is -1.03. The van der Waals surface area contributed by atoms with E-state index in [9.17, 15) is 0 Å². The van der Waals surface area contributed by atoms with Crippen molar-refractivity contribution >= 4 is 50.2 Å². The summed E-state index contributed by atoms with van der Waals surface area (Å²) in [5.74, 6) is 1.45. The van der Waals surface area contributed by atoms with Gasteiger partial charge in [-0.15, -0.1) is 11.6 Å². The molecule has 0 aliphatic carbocycles. The smallest absolute Gasteiger partial charge is 0.115 e. The molecule has 3 rings (SSSR count). The van der Waals surface area contributed by atoms with Gasteiger partial charge in [0, 0.05) is 16.8 Å². The van der Waals surface area contributed by atoms with Crippen LogP contribution in [0.2, 0.25) is 5.02 Å². The zero-order valence-electron chi connectivity index (χ0n) is 11.4. The molecule has 0 radical (unpaired) electrons. The van der Waals surface area contributed by atoms with Crippen molar-refractivity contribution in [2.24, 2.45) is 0 Å². The van der Waals surface area contributed by atoms with Crippen LogP contribution in [0.4, 0.5) is 0 Å². The second-order valence-electron chi connectivity index (χ2n) is 4.84. The summed E-state index contributed by atoms with van der Waals surface area (Å²) in [5, 5.41) is 0.697. The summed E-state index contributed by atoms with van der Waals surface area (Å²) in [5.41, 5.74) is 4.06. The topological polar surface area (TPSA) is 17.8 Å². The Balaban J connectivity index is 2.35. The van der Waals surface area contributed by atoms with Crippen LogP contribution < -0.4 is 0 Å². The molecule has 2 nitrogen and oxygen atoms in total. The number of nitrogens with zero attached hydrogens (tertiary/aromatic N) is 2. The molecular weight excluding hydrogens is 371 g/mol. The molecule has 1 heterocycles. The average molecular weight is 384 g/mol. The van der Waals surface area contributed by atoms with Crippen LogP contribution in [0.3, 0.4) is 0 Å². The number of rotatable bonds is 3. The lowest BCUT2D eigenvalue weighted by Crippen LogP contribution is -2.04. The maximum Gasteiger partial charge on any atom is 0.115 e. The Kier molecular flexibility index (Phi) is 4.25. The molecule has 3 aromatic rings. The lowest BCUT2D eigenvalue weighted by Gasteiger charge is -2.12. The third-order valence-electron chi connectivity index (χ3n) is 3.41. The summed E-state index contributed by atoms with van der Waals surface area (Å²) in [4.78, 5) is 4.69. The van der Waals surface area contributed by atoms with Gasteiger partial charge in [0.1, 0.15) is 5.82 Å². The van der Waals surface area contributed by atoms with Gasteiger partial charge in [-0.1, -0.05) is 33.6 Å². The third kappa shape index (κ3) is 2.70. The normalized spacial score (nSPS) is 11.2. The Morgan fingerprint density at radius 1 is 1.24 bits per heavy atom. The number of hydrogen-bond donors (Lipinski definition) is 0. The SMILES string of the molecule is Cc1cc(Br)ccc1-n1c(CCCl)nc2cccc(Cl)c21. The molecule has 108 valence electrons. The number of alkyl halides is 1. The Morgan fingerprint density at radius 3 is 2.76 bits per heavy atom. The van der Waals surface area contributed by atoms with E-state index in [0.717, 1.165) is 32.6 Å². The van der Waals surface area contributed by atoms with Crippen molar-refractivity contribution in [2.75, 3.05) is 5.88 Å². The van der Waals surface area contributed by atoms with Crippen molar-refractivity contribution in [1.82, 2.24) is 9.55 Å². The highest BCUT2D eigenvalue weighted by Gasteiger charge is 2.16. The highest BCUT2D eigenvalue weighted by molar-refractivity contribution is 9.10. The first-order chi connectivity index (χ1) is 10.1. The monoisotopic (exact) mass is 382 g/mol. The van der Waals surface area contributed by atoms with Crippen molar-refractivity contribution < 1.29 is 0 Å². The molecule has 0 saturated heterocycles. The Morgan fingerprint density at radius 2 is 2.05 bits per heavy atom. The number of para-hydroxylation sites is 1.